The fraction of sp³-hybridized carbons (Fsp3) is 0.500. The van der Waals surface area contributed by atoms with E-state index in [0.29, 0.717) is 31.9 Å². The normalized spacial score (nSPS) is 16.9. The van der Waals surface area contributed by atoms with Crippen LogP contribution in [0.3, 0.4) is 0 Å². The quantitative estimate of drug-likeness (QED) is 0.575. The fourth-order valence-corrected chi connectivity index (χ4v) is 1.90. The summed E-state index contributed by atoms with van der Waals surface area (Å²) in [5.41, 5.74) is 1.66. The van der Waals surface area contributed by atoms with Gasteiger partial charge in [-0.05, 0) is 12.8 Å². The number of amides is 1. The van der Waals surface area contributed by atoms with Crippen LogP contribution in [-0.4, -0.2) is 34.2 Å². The highest BCUT2D eigenvalue weighted by Crippen LogP contribution is 2.20. The van der Waals surface area contributed by atoms with Crippen LogP contribution in [0, 0.1) is 11.7 Å². The van der Waals surface area contributed by atoms with E-state index in [1.54, 1.807) is 5.48 Å². The zero-order valence-corrected chi connectivity index (χ0v) is 9.14. The van der Waals surface area contributed by atoms with Gasteiger partial charge in [-0.25, -0.2) is 19.8 Å². The number of rotatable bonds is 2. The van der Waals surface area contributed by atoms with Crippen molar-refractivity contribution in [2.45, 2.75) is 12.8 Å². The van der Waals surface area contributed by atoms with Gasteiger partial charge in [0.1, 0.15) is 0 Å². The number of carbonyl (C=O) groups excluding carboxylic acids is 1. The molecular formula is C10H13FN4O2. The molecule has 7 heteroatoms. The van der Waals surface area contributed by atoms with E-state index in [2.05, 4.69) is 9.97 Å². The van der Waals surface area contributed by atoms with E-state index < -0.39 is 5.82 Å². The topological polar surface area (TPSA) is 78.4 Å². The van der Waals surface area contributed by atoms with Gasteiger partial charge in [0.25, 0.3) is 0 Å². The molecule has 1 saturated heterocycles. The second-order valence-electron chi connectivity index (χ2n) is 3.94. The van der Waals surface area contributed by atoms with Crippen molar-refractivity contribution >= 4 is 11.9 Å². The molecule has 6 nitrogen and oxygen atoms in total. The van der Waals surface area contributed by atoms with E-state index in [0.717, 1.165) is 12.4 Å². The van der Waals surface area contributed by atoms with Crippen LogP contribution >= 0.6 is 0 Å². The van der Waals surface area contributed by atoms with Gasteiger partial charge in [-0.1, -0.05) is 0 Å². The van der Waals surface area contributed by atoms with Crippen LogP contribution in [0.5, 0.6) is 0 Å². The number of carbonyl (C=O) groups is 1. The molecule has 1 fully saturated rings. The Kier molecular flexibility index (Phi) is 3.48. The Balaban J connectivity index is 1.95. The lowest BCUT2D eigenvalue weighted by Gasteiger charge is -2.30. The Morgan fingerprint density at radius 1 is 1.41 bits per heavy atom. The van der Waals surface area contributed by atoms with Crippen molar-refractivity contribution in [3.63, 3.8) is 0 Å². The molecule has 0 atom stereocenters. The molecule has 0 bridgehead atoms. The molecule has 17 heavy (non-hydrogen) atoms. The van der Waals surface area contributed by atoms with Gasteiger partial charge in [0.2, 0.25) is 11.9 Å². The summed E-state index contributed by atoms with van der Waals surface area (Å²) in [6, 6.07) is 0. The molecular weight excluding hydrogens is 227 g/mol. The van der Waals surface area contributed by atoms with Gasteiger partial charge < -0.3 is 4.90 Å². The third kappa shape index (κ3) is 2.68. The van der Waals surface area contributed by atoms with Gasteiger partial charge in [0.15, 0.2) is 5.82 Å². The van der Waals surface area contributed by atoms with Crippen LogP contribution in [0.4, 0.5) is 10.3 Å². The summed E-state index contributed by atoms with van der Waals surface area (Å²) in [7, 11) is 0. The van der Waals surface area contributed by atoms with E-state index in [4.69, 9.17) is 5.21 Å². The van der Waals surface area contributed by atoms with Gasteiger partial charge in [-0.3, -0.25) is 10.0 Å². The molecule has 0 spiro atoms. The monoisotopic (exact) mass is 240 g/mol. The first-order valence-electron chi connectivity index (χ1n) is 5.37. The second kappa shape index (κ2) is 5.05. The summed E-state index contributed by atoms with van der Waals surface area (Å²) >= 11 is 0. The minimum atomic E-state index is -0.469. The van der Waals surface area contributed by atoms with E-state index in [9.17, 15) is 9.18 Å². The first-order valence-corrected chi connectivity index (χ1v) is 5.37. The summed E-state index contributed by atoms with van der Waals surface area (Å²) < 4.78 is 12.6. The van der Waals surface area contributed by atoms with Crippen molar-refractivity contribution in [2.75, 3.05) is 18.0 Å². The standard InChI is InChI=1S/C10H13FN4O2/c11-8-5-12-10(13-6-8)15-3-1-7(2-4-15)9(16)14-17/h5-7,17H,1-4H2,(H,14,16). The number of hydrogen-bond donors (Lipinski definition) is 2. The summed E-state index contributed by atoms with van der Waals surface area (Å²) in [6.45, 7) is 1.23. The molecule has 0 unspecified atom stereocenters. The van der Waals surface area contributed by atoms with E-state index in [-0.39, 0.29) is 11.8 Å². The number of piperidine rings is 1. The van der Waals surface area contributed by atoms with Crippen molar-refractivity contribution < 1.29 is 14.4 Å². The number of nitrogens with zero attached hydrogens (tertiary/aromatic N) is 3. The van der Waals surface area contributed by atoms with Crippen LogP contribution in [0.25, 0.3) is 0 Å². The van der Waals surface area contributed by atoms with Crippen LogP contribution in [0.1, 0.15) is 12.8 Å². The first-order chi connectivity index (χ1) is 8.20. The smallest absolute Gasteiger partial charge is 0.246 e. The lowest BCUT2D eigenvalue weighted by atomic mass is 9.96. The molecule has 2 N–H and O–H groups in total. The summed E-state index contributed by atoms with van der Waals surface area (Å²) in [4.78, 5) is 20.8. The van der Waals surface area contributed by atoms with Crippen LogP contribution in [-0.2, 0) is 4.79 Å². The molecule has 2 rings (SSSR count). The maximum Gasteiger partial charge on any atom is 0.246 e. The molecule has 0 saturated carbocycles. The highest BCUT2D eigenvalue weighted by Gasteiger charge is 2.25. The Labute approximate surface area is 97.4 Å². The van der Waals surface area contributed by atoms with E-state index in [1.165, 1.54) is 0 Å². The summed E-state index contributed by atoms with van der Waals surface area (Å²) in [5, 5.41) is 8.52. The Bertz CT molecular complexity index is 390. The molecule has 0 aliphatic carbocycles. The van der Waals surface area contributed by atoms with Gasteiger partial charge in [-0.15, -0.1) is 0 Å². The average molecular weight is 240 g/mol. The molecule has 1 amide bonds. The predicted molar refractivity (Wildman–Crippen MR) is 56.9 cm³/mol. The maximum atomic E-state index is 12.6. The molecule has 0 aromatic carbocycles. The minimum absolute atomic E-state index is 0.184. The van der Waals surface area contributed by atoms with Crippen molar-refractivity contribution in [1.29, 1.82) is 0 Å². The molecule has 1 aliphatic heterocycles. The zero-order chi connectivity index (χ0) is 12.3. The minimum Gasteiger partial charge on any atom is -0.341 e. The number of hydroxylamine groups is 1. The Morgan fingerprint density at radius 3 is 2.53 bits per heavy atom. The fourth-order valence-electron chi connectivity index (χ4n) is 1.90. The van der Waals surface area contributed by atoms with Crippen molar-refractivity contribution in [1.82, 2.24) is 15.4 Å². The number of halogens is 1. The zero-order valence-electron chi connectivity index (χ0n) is 9.14. The lowest BCUT2D eigenvalue weighted by molar-refractivity contribution is -0.134. The summed E-state index contributed by atoms with van der Waals surface area (Å²) in [5.74, 6) is -0.543. The number of anilines is 1. The van der Waals surface area contributed by atoms with Crippen molar-refractivity contribution in [2.24, 2.45) is 5.92 Å². The van der Waals surface area contributed by atoms with Gasteiger partial charge in [0.05, 0.1) is 12.4 Å². The van der Waals surface area contributed by atoms with Crippen LogP contribution in [0.15, 0.2) is 12.4 Å². The molecule has 0 radical (unpaired) electrons. The molecule has 1 aromatic rings. The number of aromatic nitrogens is 2. The molecule has 2 heterocycles. The van der Waals surface area contributed by atoms with Crippen molar-refractivity contribution in [3.8, 4) is 0 Å². The van der Waals surface area contributed by atoms with Gasteiger partial charge in [0, 0.05) is 19.0 Å². The SMILES string of the molecule is O=C(NO)C1CCN(c2ncc(F)cn2)CC1. The Hall–Kier alpha value is -1.76. The van der Waals surface area contributed by atoms with E-state index in [1.807, 2.05) is 4.90 Å². The largest absolute Gasteiger partial charge is 0.341 e. The average Bonchev–Trinajstić information content (AvgIpc) is 2.39. The second-order valence-corrected chi connectivity index (χ2v) is 3.94. The highest BCUT2D eigenvalue weighted by molar-refractivity contribution is 5.77. The van der Waals surface area contributed by atoms with Gasteiger partial charge >= 0.3 is 0 Å². The van der Waals surface area contributed by atoms with E-state index >= 15 is 0 Å². The van der Waals surface area contributed by atoms with Crippen LogP contribution in [0.2, 0.25) is 0 Å². The highest BCUT2D eigenvalue weighted by atomic mass is 19.1. The Morgan fingerprint density at radius 2 is 2.00 bits per heavy atom. The number of hydrogen-bond acceptors (Lipinski definition) is 5. The molecule has 1 aliphatic rings. The number of nitrogens with one attached hydrogen (secondary N) is 1. The third-order valence-electron chi connectivity index (χ3n) is 2.87. The first kappa shape index (κ1) is 11.7. The van der Waals surface area contributed by atoms with Crippen LogP contribution < -0.4 is 10.4 Å². The predicted octanol–water partition coefficient (Wildman–Crippen LogP) is 0.337. The maximum absolute atomic E-state index is 12.6. The summed E-state index contributed by atoms with van der Waals surface area (Å²) in [6.07, 6.45) is 3.48. The molecule has 92 valence electrons. The molecule has 1 aromatic heterocycles. The third-order valence-corrected chi connectivity index (χ3v) is 2.87. The van der Waals surface area contributed by atoms with Gasteiger partial charge in [-0.2, -0.15) is 0 Å². The lowest BCUT2D eigenvalue weighted by Crippen LogP contribution is -2.40. The van der Waals surface area contributed by atoms with Crippen molar-refractivity contribution in [3.05, 3.63) is 18.2 Å².